The van der Waals surface area contributed by atoms with Gasteiger partial charge in [0.2, 0.25) is 0 Å². The number of alkyl halides is 3. The van der Waals surface area contributed by atoms with Gasteiger partial charge in [-0.25, -0.2) is 0 Å². The highest BCUT2D eigenvalue weighted by Gasteiger charge is 2.33. The fourth-order valence-electron chi connectivity index (χ4n) is 1.69. The van der Waals surface area contributed by atoms with Gasteiger partial charge in [-0.2, -0.15) is 0 Å². The number of rotatable bonds is 3. The molecule has 0 aliphatic carbocycles. The van der Waals surface area contributed by atoms with E-state index in [-0.39, 0.29) is 21.2 Å². The zero-order valence-corrected chi connectivity index (χ0v) is 11.8. The van der Waals surface area contributed by atoms with Crippen LogP contribution in [0.3, 0.4) is 0 Å². The van der Waals surface area contributed by atoms with Crippen LogP contribution in [0.25, 0.3) is 0 Å². The standard InChI is InChI=1S/C14H7Cl2F3O2/c15-10-6-3-5-9(12(10)16)13(20)8-4-1-2-7-11(8)21-14(17,18)19/h1-7H. The lowest BCUT2D eigenvalue weighted by molar-refractivity contribution is -0.274. The van der Waals surface area contributed by atoms with Crippen LogP contribution in [0.1, 0.15) is 15.9 Å². The molecule has 0 spiro atoms. The number of hydrogen-bond donors (Lipinski definition) is 0. The van der Waals surface area contributed by atoms with Crippen molar-refractivity contribution >= 4 is 29.0 Å². The van der Waals surface area contributed by atoms with E-state index in [0.717, 1.165) is 6.07 Å². The maximum Gasteiger partial charge on any atom is 0.573 e. The van der Waals surface area contributed by atoms with Gasteiger partial charge in [0.05, 0.1) is 15.6 Å². The van der Waals surface area contributed by atoms with Crippen LogP contribution in [0.4, 0.5) is 13.2 Å². The molecule has 2 aromatic carbocycles. The van der Waals surface area contributed by atoms with E-state index in [1.54, 1.807) is 0 Å². The Morgan fingerprint density at radius 3 is 2.24 bits per heavy atom. The minimum atomic E-state index is -4.89. The molecule has 110 valence electrons. The average Bonchev–Trinajstić information content (AvgIpc) is 2.40. The molecule has 0 N–H and O–H groups in total. The van der Waals surface area contributed by atoms with Crippen molar-refractivity contribution in [3.63, 3.8) is 0 Å². The molecule has 0 fully saturated rings. The van der Waals surface area contributed by atoms with Gasteiger partial charge in [0.15, 0.2) is 5.78 Å². The number of halogens is 5. The van der Waals surface area contributed by atoms with Crippen molar-refractivity contribution in [2.24, 2.45) is 0 Å². The summed E-state index contributed by atoms with van der Waals surface area (Å²) in [6.07, 6.45) is -4.89. The van der Waals surface area contributed by atoms with Crippen molar-refractivity contribution in [2.75, 3.05) is 0 Å². The SMILES string of the molecule is O=C(c1ccccc1OC(F)(F)F)c1cccc(Cl)c1Cl. The predicted molar refractivity (Wildman–Crippen MR) is 73.0 cm³/mol. The van der Waals surface area contributed by atoms with E-state index < -0.39 is 17.9 Å². The minimum absolute atomic E-state index is 0.00221. The van der Waals surface area contributed by atoms with Crippen LogP contribution in [0.15, 0.2) is 42.5 Å². The summed E-state index contributed by atoms with van der Waals surface area (Å²) in [7, 11) is 0. The summed E-state index contributed by atoms with van der Waals surface area (Å²) in [5, 5.41) is 0.114. The first-order valence-corrected chi connectivity index (χ1v) is 6.38. The third-order valence-corrected chi connectivity index (χ3v) is 3.37. The van der Waals surface area contributed by atoms with Crippen molar-refractivity contribution in [1.29, 1.82) is 0 Å². The molecule has 0 unspecified atom stereocenters. The Hall–Kier alpha value is -1.72. The highest BCUT2D eigenvalue weighted by molar-refractivity contribution is 6.44. The van der Waals surface area contributed by atoms with Gasteiger partial charge in [0.25, 0.3) is 0 Å². The number of hydrogen-bond acceptors (Lipinski definition) is 2. The van der Waals surface area contributed by atoms with Crippen molar-refractivity contribution in [1.82, 2.24) is 0 Å². The Kier molecular flexibility index (Phi) is 4.44. The highest BCUT2D eigenvalue weighted by atomic mass is 35.5. The molecule has 0 heterocycles. The minimum Gasteiger partial charge on any atom is -0.405 e. The normalized spacial score (nSPS) is 11.3. The molecule has 0 aliphatic heterocycles. The number of para-hydroxylation sites is 1. The highest BCUT2D eigenvalue weighted by Crippen LogP contribution is 2.31. The number of benzene rings is 2. The van der Waals surface area contributed by atoms with E-state index in [4.69, 9.17) is 23.2 Å². The largest absolute Gasteiger partial charge is 0.573 e. The maximum atomic E-state index is 12.3. The molecular weight excluding hydrogens is 328 g/mol. The fourth-order valence-corrected chi connectivity index (χ4v) is 2.08. The Morgan fingerprint density at radius 1 is 0.952 bits per heavy atom. The summed E-state index contributed by atoms with van der Waals surface area (Å²) in [6.45, 7) is 0. The molecule has 2 nitrogen and oxygen atoms in total. The van der Waals surface area contributed by atoms with Gasteiger partial charge in [-0.1, -0.05) is 41.4 Å². The van der Waals surface area contributed by atoms with E-state index in [1.165, 1.54) is 36.4 Å². The van der Waals surface area contributed by atoms with Crippen LogP contribution in [-0.2, 0) is 0 Å². The Labute approximate surface area is 128 Å². The van der Waals surface area contributed by atoms with E-state index >= 15 is 0 Å². The van der Waals surface area contributed by atoms with Crippen LogP contribution in [-0.4, -0.2) is 12.1 Å². The summed E-state index contributed by atoms with van der Waals surface area (Å²) >= 11 is 11.7. The molecule has 0 bridgehead atoms. The quantitative estimate of drug-likeness (QED) is 0.728. The number of ether oxygens (including phenoxy) is 1. The smallest absolute Gasteiger partial charge is 0.405 e. The molecule has 0 aromatic heterocycles. The Balaban J connectivity index is 2.47. The van der Waals surface area contributed by atoms with Gasteiger partial charge in [-0.15, -0.1) is 13.2 Å². The topological polar surface area (TPSA) is 26.3 Å². The molecule has 2 rings (SSSR count). The summed E-state index contributed by atoms with van der Waals surface area (Å²) in [6, 6.07) is 9.36. The van der Waals surface area contributed by atoms with E-state index in [9.17, 15) is 18.0 Å². The molecule has 2 aromatic rings. The first kappa shape index (κ1) is 15.7. The molecule has 0 saturated heterocycles. The van der Waals surface area contributed by atoms with Gasteiger partial charge >= 0.3 is 6.36 Å². The molecular formula is C14H7Cl2F3O2. The third-order valence-electron chi connectivity index (χ3n) is 2.55. The van der Waals surface area contributed by atoms with E-state index in [2.05, 4.69) is 4.74 Å². The van der Waals surface area contributed by atoms with Crippen molar-refractivity contribution < 1.29 is 22.7 Å². The maximum absolute atomic E-state index is 12.3. The van der Waals surface area contributed by atoms with Crippen LogP contribution in [0.5, 0.6) is 5.75 Å². The lowest BCUT2D eigenvalue weighted by atomic mass is 10.0. The molecule has 7 heteroatoms. The van der Waals surface area contributed by atoms with E-state index in [1.807, 2.05) is 0 Å². The molecule has 0 aliphatic rings. The third kappa shape index (κ3) is 3.68. The average molecular weight is 335 g/mol. The van der Waals surface area contributed by atoms with Crippen LogP contribution in [0.2, 0.25) is 10.0 Å². The second kappa shape index (κ2) is 5.95. The molecule has 0 saturated carbocycles. The molecule has 0 atom stereocenters. The first-order valence-electron chi connectivity index (χ1n) is 5.63. The zero-order chi connectivity index (χ0) is 15.6. The number of carbonyl (C=O) groups is 1. The van der Waals surface area contributed by atoms with Gasteiger partial charge < -0.3 is 4.74 Å². The second-order valence-corrected chi connectivity index (χ2v) is 4.76. The van der Waals surface area contributed by atoms with Crippen LogP contribution >= 0.6 is 23.2 Å². The monoisotopic (exact) mass is 334 g/mol. The summed E-state index contributed by atoms with van der Waals surface area (Å²) < 4.78 is 40.9. The Morgan fingerprint density at radius 2 is 1.57 bits per heavy atom. The lowest BCUT2D eigenvalue weighted by Gasteiger charge is -2.13. The first-order chi connectivity index (χ1) is 9.79. The van der Waals surface area contributed by atoms with Gasteiger partial charge in [0.1, 0.15) is 5.75 Å². The van der Waals surface area contributed by atoms with Crippen LogP contribution in [0, 0.1) is 0 Å². The van der Waals surface area contributed by atoms with Gasteiger partial charge in [0, 0.05) is 5.56 Å². The van der Waals surface area contributed by atoms with Crippen LogP contribution < -0.4 is 4.74 Å². The summed E-state index contributed by atoms with van der Waals surface area (Å²) in [4.78, 5) is 12.3. The fraction of sp³-hybridized carbons (Fsp3) is 0.0714. The molecule has 0 amide bonds. The zero-order valence-electron chi connectivity index (χ0n) is 10.2. The predicted octanol–water partition coefficient (Wildman–Crippen LogP) is 5.12. The Bertz CT molecular complexity index is 684. The summed E-state index contributed by atoms with van der Waals surface area (Å²) in [5.41, 5.74) is -0.249. The number of carbonyl (C=O) groups excluding carboxylic acids is 1. The van der Waals surface area contributed by atoms with Crippen molar-refractivity contribution in [2.45, 2.75) is 6.36 Å². The molecule has 0 radical (unpaired) electrons. The van der Waals surface area contributed by atoms with Gasteiger partial charge in [-0.3, -0.25) is 4.79 Å². The second-order valence-electron chi connectivity index (χ2n) is 3.97. The lowest BCUT2D eigenvalue weighted by Crippen LogP contribution is -2.19. The van der Waals surface area contributed by atoms with E-state index in [0.29, 0.717) is 0 Å². The molecule has 21 heavy (non-hydrogen) atoms. The van der Waals surface area contributed by atoms with Crippen molar-refractivity contribution in [3.05, 3.63) is 63.6 Å². The summed E-state index contributed by atoms with van der Waals surface area (Å²) in [5.74, 6) is -1.30. The van der Waals surface area contributed by atoms with Gasteiger partial charge in [-0.05, 0) is 24.3 Å². The number of ketones is 1. The van der Waals surface area contributed by atoms with Crippen molar-refractivity contribution in [3.8, 4) is 5.75 Å².